The Morgan fingerprint density at radius 2 is 1.44 bits per heavy atom. The molecular formula is C22H28N2O3. The summed E-state index contributed by atoms with van der Waals surface area (Å²) in [5.74, 6) is -0.183. The molecule has 2 amide bonds. The molecule has 27 heavy (non-hydrogen) atoms. The smallest absolute Gasteiger partial charge is 0.239 e. The number of rotatable bonds is 6. The van der Waals surface area contributed by atoms with Crippen molar-refractivity contribution in [3.05, 3.63) is 53.6 Å². The third-order valence-electron chi connectivity index (χ3n) is 4.35. The summed E-state index contributed by atoms with van der Waals surface area (Å²) in [5.41, 5.74) is 1.93. The molecule has 0 bridgehead atoms. The molecule has 0 saturated heterocycles. The standard InChI is InChI=1S/C22H28N2O3/c1-14(2)27-18-13-8-7-12-17(18)23-20(25)22(5,6)21(26)24-19-15(3)10-9-11-16(19)4/h7-14H,1-6H3,(H,23,25)(H,24,26). The second-order valence-corrected chi connectivity index (χ2v) is 7.46. The number of carbonyl (C=O) groups is 2. The van der Waals surface area contributed by atoms with E-state index in [1.807, 2.05) is 58.0 Å². The summed E-state index contributed by atoms with van der Waals surface area (Å²) in [5, 5.41) is 5.73. The normalized spacial score (nSPS) is 11.2. The number of aryl methyl sites for hydroxylation is 2. The zero-order valence-electron chi connectivity index (χ0n) is 16.8. The second-order valence-electron chi connectivity index (χ2n) is 7.46. The van der Waals surface area contributed by atoms with E-state index < -0.39 is 11.3 Å². The maximum Gasteiger partial charge on any atom is 0.239 e. The number of para-hydroxylation sites is 3. The van der Waals surface area contributed by atoms with Gasteiger partial charge in [-0.1, -0.05) is 30.3 Å². The molecular weight excluding hydrogens is 340 g/mol. The fourth-order valence-corrected chi connectivity index (χ4v) is 2.59. The zero-order chi connectivity index (χ0) is 20.2. The number of ether oxygens (including phenoxy) is 1. The quantitative estimate of drug-likeness (QED) is 0.727. The molecule has 2 aromatic carbocycles. The van der Waals surface area contributed by atoms with E-state index in [1.165, 1.54) is 0 Å². The van der Waals surface area contributed by atoms with E-state index in [4.69, 9.17) is 4.74 Å². The van der Waals surface area contributed by atoms with Crippen LogP contribution in [0.15, 0.2) is 42.5 Å². The molecule has 0 atom stereocenters. The Labute approximate surface area is 161 Å². The Balaban J connectivity index is 2.19. The Kier molecular flexibility index (Phi) is 6.26. The van der Waals surface area contributed by atoms with Crippen molar-refractivity contribution in [1.29, 1.82) is 0 Å². The van der Waals surface area contributed by atoms with Crippen molar-refractivity contribution < 1.29 is 14.3 Å². The van der Waals surface area contributed by atoms with Gasteiger partial charge in [0, 0.05) is 5.69 Å². The molecule has 0 fully saturated rings. The van der Waals surface area contributed by atoms with Crippen LogP contribution >= 0.6 is 0 Å². The van der Waals surface area contributed by atoms with Crippen LogP contribution in [0.1, 0.15) is 38.8 Å². The van der Waals surface area contributed by atoms with Crippen molar-refractivity contribution in [2.24, 2.45) is 5.41 Å². The summed E-state index contributed by atoms with van der Waals surface area (Å²) >= 11 is 0. The topological polar surface area (TPSA) is 67.4 Å². The lowest BCUT2D eigenvalue weighted by atomic mass is 9.90. The first kappa shape index (κ1) is 20.5. The molecule has 144 valence electrons. The molecule has 0 radical (unpaired) electrons. The first-order chi connectivity index (χ1) is 12.6. The van der Waals surface area contributed by atoms with E-state index >= 15 is 0 Å². The molecule has 0 spiro atoms. The van der Waals surface area contributed by atoms with Gasteiger partial charge in [-0.05, 0) is 64.8 Å². The van der Waals surface area contributed by atoms with Gasteiger partial charge in [-0.2, -0.15) is 0 Å². The monoisotopic (exact) mass is 368 g/mol. The van der Waals surface area contributed by atoms with Crippen LogP contribution in [0.3, 0.4) is 0 Å². The van der Waals surface area contributed by atoms with Crippen LogP contribution in [-0.2, 0) is 9.59 Å². The lowest BCUT2D eigenvalue weighted by Gasteiger charge is -2.24. The SMILES string of the molecule is Cc1cccc(C)c1NC(=O)C(C)(C)C(=O)Nc1ccccc1OC(C)C. The Morgan fingerprint density at radius 1 is 0.889 bits per heavy atom. The molecule has 5 nitrogen and oxygen atoms in total. The van der Waals surface area contributed by atoms with E-state index in [0.29, 0.717) is 11.4 Å². The molecule has 0 aliphatic heterocycles. The highest BCUT2D eigenvalue weighted by Gasteiger charge is 2.37. The first-order valence-electron chi connectivity index (χ1n) is 9.07. The molecule has 0 aliphatic carbocycles. The third kappa shape index (κ3) is 4.88. The summed E-state index contributed by atoms with van der Waals surface area (Å²) in [7, 11) is 0. The van der Waals surface area contributed by atoms with Gasteiger partial charge in [0.25, 0.3) is 0 Å². The van der Waals surface area contributed by atoms with Crippen molar-refractivity contribution in [2.45, 2.75) is 47.6 Å². The van der Waals surface area contributed by atoms with Crippen LogP contribution in [0.5, 0.6) is 5.75 Å². The van der Waals surface area contributed by atoms with Gasteiger partial charge in [0.05, 0.1) is 11.8 Å². The Bertz CT molecular complexity index is 821. The van der Waals surface area contributed by atoms with Crippen molar-refractivity contribution in [3.63, 3.8) is 0 Å². The molecule has 2 rings (SSSR count). The molecule has 2 aromatic rings. The van der Waals surface area contributed by atoms with Gasteiger partial charge in [-0.3, -0.25) is 9.59 Å². The molecule has 0 unspecified atom stereocenters. The largest absolute Gasteiger partial charge is 0.489 e. The Morgan fingerprint density at radius 3 is 2.04 bits per heavy atom. The number of hydrogen-bond acceptors (Lipinski definition) is 3. The van der Waals surface area contributed by atoms with Gasteiger partial charge in [0.1, 0.15) is 11.2 Å². The lowest BCUT2D eigenvalue weighted by molar-refractivity contribution is -0.135. The van der Waals surface area contributed by atoms with Crippen LogP contribution in [0.2, 0.25) is 0 Å². The van der Waals surface area contributed by atoms with Crippen LogP contribution in [0.4, 0.5) is 11.4 Å². The van der Waals surface area contributed by atoms with Crippen LogP contribution < -0.4 is 15.4 Å². The molecule has 5 heteroatoms. The molecule has 0 aliphatic rings. The van der Waals surface area contributed by atoms with Gasteiger partial charge in [-0.25, -0.2) is 0 Å². The van der Waals surface area contributed by atoms with Crippen LogP contribution in [0, 0.1) is 19.3 Å². The predicted molar refractivity (Wildman–Crippen MR) is 109 cm³/mol. The van der Waals surface area contributed by atoms with E-state index in [2.05, 4.69) is 10.6 Å². The van der Waals surface area contributed by atoms with Crippen molar-refractivity contribution >= 4 is 23.2 Å². The number of carbonyl (C=O) groups excluding carboxylic acids is 2. The van der Waals surface area contributed by atoms with Gasteiger partial charge in [-0.15, -0.1) is 0 Å². The van der Waals surface area contributed by atoms with Gasteiger partial charge < -0.3 is 15.4 Å². The summed E-state index contributed by atoms with van der Waals surface area (Å²) in [6.45, 7) is 10.9. The highest BCUT2D eigenvalue weighted by molar-refractivity contribution is 6.14. The summed E-state index contributed by atoms with van der Waals surface area (Å²) in [6, 6.07) is 13.0. The fourth-order valence-electron chi connectivity index (χ4n) is 2.59. The predicted octanol–water partition coefficient (Wildman–Crippen LogP) is 4.69. The number of amides is 2. The second kappa shape index (κ2) is 8.25. The van der Waals surface area contributed by atoms with Gasteiger partial charge >= 0.3 is 0 Å². The van der Waals surface area contributed by atoms with E-state index in [1.54, 1.807) is 26.0 Å². The van der Waals surface area contributed by atoms with Crippen molar-refractivity contribution in [1.82, 2.24) is 0 Å². The molecule has 0 heterocycles. The van der Waals surface area contributed by atoms with E-state index in [-0.39, 0.29) is 12.0 Å². The summed E-state index contributed by atoms with van der Waals surface area (Å²) in [6.07, 6.45) is -0.0246. The number of benzene rings is 2. The molecule has 2 N–H and O–H groups in total. The number of anilines is 2. The highest BCUT2D eigenvalue weighted by Crippen LogP contribution is 2.29. The highest BCUT2D eigenvalue weighted by atomic mass is 16.5. The minimum Gasteiger partial charge on any atom is -0.489 e. The first-order valence-corrected chi connectivity index (χ1v) is 9.07. The maximum atomic E-state index is 12.8. The average molecular weight is 368 g/mol. The van der Waals surface area contributed by atoms with Gasteiger partial charge in [0.2, 0.25) is 11.8 Å². The molecule has 0 aromatic heterocycles. The van der Waals surface area contributed by atoms with Gasteiger partial charge in [0.15, 0.2) is 0 Å². The minimum atomic E-state index is -1.26. The third-order valence-corrected chi connectivity index (χ3v) is 4.35. The van der Waals surface area contributed by atoms with E-state index in [9.17, 15) is 9.59 Å². The van der Waals surface area contributed by atoms with Crippen LogP contribution in [0.25, 0.3) is 0 Å². The number of nitrogens with one attached hydrogen (secondary N) is 2. The van der Waals surface area contributed by atoms with Crippen molar-refractivity contribution in [3.8, 4) is 5.75 Å². The minimum absolute atomic E-state index is 0.0246. The summed E-state index contributed by atoms with van der Waals surface area (Å²) in [4.78, 5) is 25.7. The zero-order valence-corrected chi connectivity index (χ0v) is 16.8. The summed E-state index contributed by atoms with van der Waals surface area (Å²) < 4.78 is 5.73. The maximum absolute atomic E-state index is 12.8. The molecule has 0 saturated carbocycles. The van der Waals surface area contributed by atoms with Crippen molar-refractivity contribution in [2.75, 3.05) is 10.6 Å². The average Bonchev–Trinajstić information content (AvgIpc) is 2.59. The lowest BCUT2D eigenvalue weighted by Crippen LogP contribution is -2.42. The van der Waals surface area contributed by atoms with E-state index in [0.717, 1.165) is 16.8 Å². The Hall–Kier alpha value is -2.82. The fraction of sp³-hybridized carbons (Fsp3) is 0.364. The number of hydrogen-bond donors (Lipinski definition) is 2. The van der Waals surface area contributed by atoms with Crippen LogP contribution in [-0.4, -0.2) is 17.9 Å².